The second-order valence-electron chi connectivity index (χ2n) is 7.43. The van der Waals surface area contributed by atoms with Gasteiger partial charge < -0.3 is 19.1 Å². The first-order valence-corrected chi connectivity index (χ1v) is 9.79. The second-order valence-corrected chi connectivity index (χ2v) is 7.43. The molecule has 150 valence electrons. The van der Waals surface area contributed by atoms with E-state index in [-0.39, 0.29) is 12.6 Å². The summed E-state index contributed by atoms with van der Waals surface area (Å²) < 4.78 is 30.6. The molecule has 0 spiro atoms. The van der Waals surface area contributed by atoms with E-state index in [4.69, 9.17) is 14.2 Å². The third kappa shape index (κ3) is 3.93. The van der Waals surface area contributed by atoms with E-state index in [1.807, 2.05) is 18.2 Å². The zero-order valence-electron chi connectivity index (χ0n) is 16.5. The summed E-state index contributed by atoms with van der Waals surface area (Å²) in [6.45, 7) is 6.28. The lowest BCUT2D eigenvalue weighted by Gasteiger charge is -2.29. The Labute approximate surface area is 165 Å². The van der Waals surface area contributed by atoms with Gasteiger partial charge in [-0.15, -0.1) is 0 Å². The average Bonchev–Trinajstić information content (AvgIpc) is 2.89. The molecule has 2 aliphatic rings. The monoisotopic (exact) mass is 386 g/mol. The van der Waals surface area contributed by atoms with E-state index < -0.39 is 0 Å². The highest BCUT2D eigenvalue weighted by Gasteiger charge is 2.25. The summed E-state index contributed by atoms with van der Waals surface area (Å²) in [5.41, 5.74) is 2.82. The first-order valence-electron chi connectivity index (χ1n) is 9.79. The number of ether oxygens (including phenoxy) is 3. The first-order chi connectivity index (χ1) is 13.7. The minimum absolute atomic E-state index is 0.225. The molecule has 0 aromatic heterocycles. The second kappa shape index (κ2) is 8.37. The van der Waals surface area contributed by atoms with Crippen molar-refractivity contribution >= 4 is 5.69 Å². The van der Waals surface area contributed by atoms with Crippen LogP contribution >= 0.6 is 0 Å². The van der Waals surface area contributed by atoms with E-state index in [1.165, 1.54) is 6.07 Å². The summed E-state index contributed by atoms with van der Waals surface area (Å²) in [5.74, 6) is 1.45. The van der Waals surface area contributed by atoms with Gasteiger partial charge in [-0.3, -0.25) is 4.90 Å². The lowest BCUT2D eigenvalue weighted by molar-refractivity contribution is -0.0178. The molecule has 0 saturated carbocycles. The number of hydrogen-bond acceptors (Lipinski definition) is 5. The molecule has 2 aliphatic heterocycles. The van der Waals surface area contributed by atoms with Gasteiger partial charge in [-0.2, -0.15) is 0 Å². The van der Waals surface area contributed by atoms with E-state index in [9.17, 15) is 4.39 Å². The molecule has 0 bridgehead atoms. The van der Waals surface area contributed by atoms with E-state index in [1.54, 1.807) is 13.2 Å². The number of para-hydroxylation sites is 2. The van der Waals surface area contributed by atoms with Crippen LogP contribution in [0.5, 0.6) is 11.5 Å². The van der Waals surface area contributed by atoms with Gasteiger partial charge in [-0.1, -0.05) is 12.1 Å². The Hall–Kier alpha value is -2.31. The number of nitrogens with zero attached hydrogens (tertiary/aromatic N) is 2. The Morgan fingerprint density at radius 3 is 2.89 bits per heavy atom. The normalized spacial score (nSPS) is 20.2. The van der Waals surface area contributed by atoms with Crippen LogP contribution in [0.1, 0.15) is 24.5 Å². The van der Waals surface area contributed by atoms with Crippen LogP contribution in [-0.2, 0) is 17.9 Å². The lowest BCUT2D eigenvalue weighted by atomic mass is 10.1. The summed E-state index contributed by atoms with van der Waals surface area (Å²) in [5, 5.41) is 0. The average molecular weight is 386 g/mol. The SMILES string of the molecule is COc1ccccc1N1CC[C@H](C)N(Cc2cc(F)cc3c2OCOC3)CC1. The van der Waals surface area contributed by atoms with Crippen LogP contribution in [0.15, 0.2) is 36.4 Å². The summed E-state index contributed by atoms with van der Waals surface area (Å²) in [6, 6.07) is 11.6. The van der Waals surface area contributed by atoms with E-state index in [0.717, 1.165) is 54.4 Å². The zero-order valence-corrected chi connectivity index (χ0v) is 16.5. The summed E-state index contributed by atoms with van der Waals surface area (Å²) in [7, 11) is 1.71. The van der Waals surface area contributed by atoms with E-state index in [0.29, 0.717) is 19.2 Å². The maximum atomic E-state index is 14.1. The van der Waals surface area contributed by atoms with Gasteiger partial charge in [0.2, 0.25) is 0 Å². The Morgan fingerprint density at radius 2 is 2.04 bits per heavy atom. The van der Waals surface area contributed by atoms with Crippen molar-refractivity contribution in [1.82, 2.24) is 4.90 Å². The van der Waals surface area contributed by atoms with Crippen LogP contribution in [0.4, 0.5) is 10.1 Å². The van der Waals surface area contributed by atoms with Crippen LogP contribution in [-0.4, -0.2) is 44.5 Å². The maximum absolute atomic E-state index is 14.1. The number of hydrogen-bond donors (Lipinski definition) is 0. The van der Waals surface area contributed by atoms with Crippen molar-refractivity contribution in [2.45, 2.75) is 32.5 Å². The largest absolute Gasteiger partial charge is 0.495 e. The predicted octanol–water partition coefficient (Wildman–Crippen LogP) is 3.80. The zero-order chi connectivity index (χ0) is 19.5. The highest BCUT2D eigenvalue weighted by atomic mass is 19.1. The third-order valence-corrected chi connectivity index (χ3v) is 5.65. The molecule has 2 aromatic carbocycles. The summed E-state index contributed by atoms with van der Waals surface area (Å²) in [4.78, 5) is 4.78. The molecule has 0 unspecified atom stereocenters. The molecule has 4 rings (SSSR count). The number of methoxy groups -OCH3 is 1. The smallest absolute Gasteiger partial charge is 0.189 e. The predicted molar refractivity (Wildman–Crippen MR) is 106 cm³/mol. The highest BCUT2D eigenvalue weighted by Crippen LogP contribution is 2.32. The maximum Gasteiger partial charge on any atom is 0.189 e. The minimum Gasteiger partial charge on any atom is -0.495 e. The molecule has 1 atom stereocenters. The van der Waals surface area contributed by atoms with Crippen LogP contribution in [0, 0.1) is 5.82 Å². The van der Waals surface area contributed by atoms with Crippen molar-refractivity contribution in [3.8, 4) is 11.5 Å². The standard InChI is InChI=1S/C22H27FN2O3/c1-16-7-8-24(20-5-3-4-6-21(20)26-2)9-10-25(16)13-17-11-19(23)12-18-14-27-15-28-22(17)18/h3-6,11-12,16H,7-10,13-15H2,1-2H3/t16-/m0/s1. The quantitative estimate of drug-likeness (QED) is 0.798. The van der Waals surface area contributed by atoms with Crippen molar-refractivity contribution < 1.29 is 18.6 Å². The summed E-state index contributed by atoms with van der Waals surface area (Å²) in [6.07, 6.45) is 1.03. The Morgan fingerprint density at radius 1 is 1.18 bits per heavy atom. The van der Waals surface area contributed by atoms with Crippen LogP contribution < -0.4 is 14.4 Å². The fraction of sp³-hybridized carbons (Fsp3) is 0.455. The Balaban J connectivity index is 1.52. The molecule has 6 heteroatoms. The minimum atomic E-state index is -0.235. The summed E-state index contributed by atoms with van der Waals surface area (Å²) >= 11 is 0. The molecular weight excluding hydrogens is 359 g/mol. The van der Waals surface area contributed by atoms with Gasteiger partial charge in [0.1, 0.15) is 17.3 Å². The first kappa shape index (κ1) is 19.0. The van der Waals surface area contributed by atoms with Crippen molar-refractivity contribution in [2.75, 3.05) is 38.4 Å². The topological polar surface area (TPSA) is 34.2 Å². The van der Waals surface area contributed by atoms with E-state index >= 15 is 0 Å². The number of benzene rings is 2. The Bertz CT molecular complexity index is 829. The van der Waals surface area contributed by atoms with Crippen molar-refractivity contribution in [3.05, 3.63) is 53.3 Å². The van der Waals surface area contributed by atoms with Gasteiger partial charge in [0.15, 0.2) is 6.79 Å². The van der Waals surface area contributed by atoms with Gasteiger partial charge in [-0.05, 0) is 37.6 Å². The Kier molecular flexibility index (Phi) is 5.69. The molecule has 5 nitrogen and oxygen atoms in total. The molecule has 0 aliphatic carbocycles. The van der Waals surface area contributed by atoms with Crippen LogP contribution in [0.25, 0.3) is 0 Å². The highest BCUT2D eigenvalue weighted by molar-refractivity contribution is 5.58. The van der Waals surface area contributed by atoms with Gasteiger partial charge in [-0.25, -0.2) is 4.39 Å². The number of halogens is 1. The fourth-order valence-corrected chi connectivity index (χ4v) is 4.07. The van der Waals surface area contributed by atoms with Gasteiger partial charge in [0.05, 0.1) is 19.4 Å². The fourth-order valence-electron chi connectivity index (χ4n) is 4.07. The molecule has 1 fully saturated rings. The molecule has 2 heterocycles. The third-order valence-electron chi connectivity index (χ3n) is 5.65. The molecule has 1 saturated heterocycles. The molecule has 2 aromatic rings. The van der Waals surface area contributed by atoms with Crippen molar-refractivity contribution in [1.29, 1.82) is 0 Å². The van der Waals surface area contributed by atoms with Gasteiger partial charge >= 0.3 is 0 Å². The molecule has 0 radical (unpaired) electrons. The number of rotatable bonds is 4. The van der Waals surface area contributed by atoms with E-state index in [2.05, 4.69) is 22.8 Å². The number of anilines is 1. The molecule has 0 N–H and O–H groups in total. The van der Waals surface area contributed by atoms with Crippen molar-refractivity contribution in [2.24, 2.45) is 0 Å². The van der Waals surface area contributed by atoms with Gasteiger partial charge in [0, 0.05) is 43.3 Å². The molecule has 0 amide bonds. The van der Waals surface area contributed by atoms with Crippen molar-refractivity contribution in [3.63, 3.8) is 0 Å². The van der Waals surface area contributed by atoms with Crippen LogP contribution in [0.3, 0.4) is 0 Å². The molecule has 28 heavy (non-hydrogen) atoms. The lowest BCUT2D eigenvalue weighted by Crippen LogP contribution is -2.34. The van der Waals surface area contributed by atoms with Crippen LogP contribution in [0.2, 0.25) is 0 Å². The van der Waals surface area contributed by atoms with Gasteiger partial charge in [0.25, 0.3) is 0 Å². The number of fused-ring (bicyclic) bond motifs is 1. The molecular formula is C22H27FN2O3.